The molecule has 1 aliphatic carbocycles. The fourth-order valence-electron chi connectivity index (χ4n) is 3.24. The summed E-state index contributed by atoms with van der Waals surface area (Å²) in [7, 11) is 1.56. The smallest absolute Gasteiger partial charge is 0.258 e. The molecule has 3 rings (SSSR count). The van der Waals surface area contributed by atoms with E-state index in [-0.39, 0.29) is 30.6 Å². The second-order valence-electron chi connectivity index (χ2n) is 7.10. The summed E-state index contributed by atoms with van der Waals surface area (Å²) in [5.41, 5.74) is 3.20. The average molecular weight is 370 g/mol. The molecule has 0 aliphatic heterocycles. The van der Waals surface area contributed by atoms with Gasteiger partial charge in [0.15, 0.2) is 6.61 Å². The van der Waals surface area contributed by atoms with Crippen LogP contribution in [0.5, 0.6) is 11.6 Å². The van der Waals surface area contributed by atoms with E-state index >= 15 is 0 Å². The number of methoxy groups -OCH3 is 1. The molecule has 6 nitrogen and oxygen atoms in total. The first-order valence-corrected chi connectivity index (χ1v) is 9.13. The Hall–Kier alpha value is -2.60. The maximum Gasteiger partial charge on any atom is 0.258 e. The van der Waals surface area contributed by atoms with Crippen molar-refractivity contribution in [2.75, 3.05) is 13.7 Å². The van der Waals surface area contributed by atoms with Crippen LogP contribution in [0.1, 0.15) is 35.6 Å². The number of ether oxygens (including phenoxy) is 2. The second-order valence-corrected chi connectivity index (χ2v) is 7.10. The third kappa shape index (κ3) is 4.77. The molecule has 1 saturated carbocycles. The minimum absolute atomic E-state index is 0.0577. The zero-order valence-electron chi connectivity index (χ0n) is 15.9. The Balaban J connectivity index is 1.63. The van der Waals surface area contributed by atoms with E-state index in [0.29, 0.717) is 24.5 Å². The van der Waals surface area contributed by atoms with Gasteiger partial charge in [0, 0.05) is 12.3 Å². The minimum Gasteiger partial charge on any atom is -0.484 e. The highest BCUT2D eigenvalue weighted by molar-refractivity contribution is 5.78. The van der Waals surface area contributed by atoms with Crippen LogP contribution in [0.15, 0.2) is 36.5 Å². The molecule has 6 heteroatoms. The lowest BCUT2D eigenvalue weighted by Crippen LogP contribution is -2.42. The normalized spacial score (nSPS) is 19.7. The SMILES string of the molecule is COc1ccc(C(NC(=O)COc2ccc(C)c(C)c2)C2CC(O)C2)cn1. The fourth-order valence-corrected chi connectivity index (χ4v) is 3.24. The molecule has 144 valence electrons. The van der Waals surface area contributed by atoms with Crippen LogP contribution in [0, 0.1) is 19.8 Å². The molecule has 0 saturated heterocycles. The number of pyridine rings is 1. The third-order valence-corrected chi connectivity index (χ3v) is 5.11. The highest BCUT2D eigenvalue weighted by atomic mass is 16.5. The van der Waals surface area contributed by atoms with Gasteiger partial charge >= 0.3 is 0 Å². The molecule has 0 spiro atoms. The van der Waals surface area contributed by atoms with E-state index in [9.17, 15) is 9.90 Å². The Morgan fingerprint density at radius 3 is 2.63 bits per heavy atom. The van der Waals surface area contributed by atoms with Crippen LogP contribution in [0.4, 0.5) is 0 Å². The zero-order chi connectivity index (χ0) is 19.4. The highest BCUT2D eigenvalue weighted by Gasteiger charge is 2.35. The van der Waals surface area contributed by atoms with Gasteiger partial charge < -0.3 is 19.9 Å². The summed E-state index contributed by atoms with van der Waals surface area (Å²) in [5.74, 6) is 1.18. The number of hydrogen-bond acceptors (Lipinski definition) is 5. The summed E-state index contributed by atoms with van der Waals surface area (Å²) in [4.78, 5) is 16.7. The number of hydrogen-bond donors (Lipinski definition) is 2. The number of carbonyl (C=O) groups is 1. The molecule has 1 fully saturated rings. The van der Waals surface area contributed by atoms with Gasteiger partial charge in [-0.1, -0.05) is 12.1 Å². The lowest BCUT2D eigenvalue weighted by Gasteiger charge is -2.38. The van der Waals surface area contributed by atoms with Crippen LogP contribution < -0.4 is 14.8 Å². The summed E-state index contributed by atoms with van der Waals surface area (Å²) in [5, 5.41) is 12.7. The molecule has 0 bridgehead atoms. The highest BCUT2D eigenvalue weighted by Crippen LogP contribution is 2.38. The number of carbonyl (C=O) groups excluding carboxylic acids is 1. The van der Waals surface area contributed by atoms with E-state index in [0.717, 1.165) is 11.1 Å². The molecule has 1 heterocycles. The van der Waals surface area contributed by atoms with Gasteiger partial charge in [-0.05, 0) is 61.4 Å². The van der Waals surface area contributed by atoms with Crippen LogP contribution in [0.2, 0.25) is 0 Å². The van der Waals surface area contributed by atoms with Gasteiger partial charge in [-0.3, -0.25) is 4.79 Å². The average Bonchev–Trinajstić information content (AvgIpc) is 2.65. The first kappa shape index (κ1) is 19.2. The maximum absolute atomic E-state index is 12.5. The summed E-state index contributed by atoms with van der Waals surface area (Å²) in [6.07, 6.45) is 2.73. The van der Waals surface area contributed by atoms with E-state index in [1.165, 1.54) is 5.56 Å². The molecule has 0 radical (unpaired) electrons. The Bertz CT molecular complexity index is 785. The molecule has 1 aromatic carbocycles. The number of aromatic nitrogens is 1. The number of amides is 1. The number of nitrogens with zero attached hydrogens (tertiary/aromatic N) is 1. The van der Waals surface area contributed by atoms with Crippen molar-refractivity contribution in [2.24, 2.45) is 5.92 Å². The van der Waals surface area contributed by atoms with Gasteiger partial charge in [-0.25, -0.2) is 4.98 Å². The molecule has 1 aliphatic rings. The fraction of sp³-hybridized carbons (Fsp3) is 0.429. The topological polar surface area (TPSA) is 80.7 Å². The van der Waals surface area contributed by atoms with Crippen LogP contribution in [-0.4, -0.2) is 35.8 Å². The Labute approximate surface area is 159 Å². The van der Waals surface area contributed by atoms with Crippen LogP contribution in [0.3, 0.4) is 0 Å². The molecule has 1 unspecified atom stereocenters. The van der Waals surface area contributed by atoms with Crippen molar-refractivity contribution in [1.82, 2.24) is 10.3 Å². The summed E-state index contributed by atoms with van der Waals surface area (Å²) < 4.78 is 10.7. The van der Waals surface area contributed by atoms with Crippen molar-refractivity contribution in [1.29, 1.82) is 0 Å². The standard InChI is InChI=1S/C21H26N2O4/c1-13-4-6-18(8-14(13)2)27-12-19(25)23-21(16-9-17(24)10-16)15-5-7-20(26-3)22-11-15/h4-8,11,16-17,21,24H,9-10,12H2,1-3H3,(H,23,25). The molecule has 27 heavy (non-hydrogen) atoms. The van der Waals surface area contributed by atoms with Gasteiger partial charge in [-0.15, -0.1) is 0 Å². The van der Waals surface area contributed by atoms with E-state index in [4.69, 9.17) is 9.47 Å². The first-order valence-electron chi connectivity index (χ1n) is 9.13. The number of aryl methyl sites for hydroxylation is 2. The second kappa shape index (κ2) is 8.39. The summed E-state index contributed by atoms with van der Waals surface area (Å²) in [6.45, 7) is 3.99. The number of rotatable bonds is 7. The zero-order valence-corrected chi connectivity index (χ0v) is 15.9. The lowest BCUT2D eigenvalue weighted by molar-refractivity contribution is -0.125. The van der Waals surface area contributed by atoms with Crippen molar-refractivity contribution >= 4 is 5.91 Å². The maximum atomic E-state index is 12.5. The van der Waals surface area contributed by atoms with Crippen LogP contribution in [0.25, 0.3) is 0 Å². The lowest BCUT2D eigenvalue weighted by atomic mass is 9.75. The number of aliphatic hydroxyl groups excluding tert-OH is 1. The van der Waals surface area contributed by atoms with Gasteiger partial charge in [0.1, 0.15) is 5.75 Å². The third-order valence-electron chi connectivity index (χ3n) is 5.11. The van der Waals surface area contributed by atoms with Gasteiger partial charge in [-0.2, -0.15) is 0 Å². The van der Waals surface area contributed by atoms with Crippen molar-refractivity contribution in [3.63, 3.8) is 0 Å². The van der Waals surface area contributed by atoms with E-state index in [1.807, 2.05) is 38.1 Å². The van der Waals surface area contributed by atoms with Crippen molar-refractivity contribution in [3.8, 4) is 11.6 Å². The molecule has 1 aromatic heterocycles. The number of nitrogens with one attached hydrogen (secondary N) is 1. The Morgan fingerprint density at radius 1 is 1.26 bits per heavy atom. The van der Waals surface area contributed by atoms with E-state index in [2.05, 4.69) is 10.3 Å². The number of aliphatic hydroxyl groups is 1. The molecule has 2 aromatic rings. The van der Waals surface area contributed by atoms with Gasteiger partial charge in [0.2, 0.25) is 5.88 Å². The molecule has 1 atom stereocenters. The molecule has 2 N–H and O–H groups in total. The Kier molecular flexibility index (Phi) is 5.96. The minimum atomic E-state index is -0.299. The summed E-state index contributed by atoms with van der Waals surface area (Å²) in [6, 6.07) is 9.23. The van der Waals surface area contributed by atoms with Gasteiger partial charge in [0.05, 0.1) is 19.3 Å². The van der Waals surface area contributed by atoms with E-state index in [1.54, 1.807) is 19.4 Å². The summed E-state index contributed by atoms with van der Waals surface area (Å²) >= 11 is 0. The predicted molar refractivity (Wildman–Crippen MR) is 102 cm³/mol. The Morgan fingerprint density at radius 2 is 2.04 bits per heavy atom. The van der Waals surface area contributed by atoms with Crippen molar-refractivity contribution in [3.05, 3.63) is 53.2 Å². The predicted octanol–water partition coefficient (Wildman–Crippen LogP) is 2.71. The monoisotopic (exact) mass is 370 g/mol. The van der Waals surface area contributed by atoms with Crippen LogP contribution >= 0.6 is 0 Å². The first-order chi connectivity index (χ1) is 13.0. The van der Waals surface area contributed by atoms with Gasteiger partial charge in [0.25, 0.3) is 5.91 Å². The quantitative estimate of drug-likeness (QED) is 0.783. The van der Waals surface area contributed by atoms with Crippen molar-refractivity contribution < 1.29 is 19.4 Å². The van der Waals surface area contributed by atoms with E-state index < -0.39 is 0 Å². The van der Waals surface area contributed by atoms with Crippen molar-refractivity contribution in [2.45, 2.75) is 38.8 Å². The number of benzene rings is 1. The largest absolute Gasteiger partial charge is 0.484 e. The molecular weight excluding hydrogens is 344 g/mol. The van der Waals surface area contributed by atoms with Crippen LogP contribution in [-0.2, 0) is 4.79 Å². The molecule has 1 amide bonds. The molecular formula is C21H26N2O4.